The molecule has 0 atom stereocenters. The molecular formula is C8H5F5. The van der Waals surface area contributed by atoms with E-state index in [1.807, 2.05) is 0 Å². The lowest BCUT2D eigenvalue weighted by atomic mass is 10.1. The molecule has 0 aliphatic rings. The third kappa shape index (κ3) is 1.96. The molecule has 5 heteroatoms. The standard InChI is InChI=1S/C8H5F5/c9-6-3-1-5(2-4-6)8(12,13)7(10)11/h1-4,7H. The van der Waals surface area contributed by atoms with Crippen LogP contribution < -0.4 is 0 Å². The molecule has 0 heterocycles. The van der Waals surface area contributed by atoms with Crippen LogP contribution in [0.4, 0.5) is 22.0 Å². The summed E-state index contributed by atoms with van der Waals surface area (Å²) in [7, 11) is 0. The van der Waals surface area contributed by atoms with Crippen molar-refractivity contribution in [1.29, 1.82) is 0 Å². The molecule has 72 valence electrons. The fourth-order valence-corrected chi connectivity index (χ4v) is 0.798. The number of benzene rings is 1. The van der Waals surface area contributed by atoms with Gasteiger partial charge in [0.05, 0.1) is 0 Å². The Balaban J connectivity index is 3.01. The largest absolute Gasteiger partial charge is 0.332 e. The first-order chi connectivity index (χ1) is 5.94. The Hall–Kier alpha value is -1.13. The zero-order chi connectivity index (χ0) is 10.1. The fraction of sp³-hybridized carbons (Fsp3) is 0.250. The highest BCUT2D eigenvalue weighted by molar-refractivity contribution is 5.21. The van der Waals surface area contributed by atoms with E-state index in [4.69, 9.17) is 0 Å². The number of hydrogen-bond acceptors (Lipinski definition) is 0. The summed E-state index contributed by atoms with van der Waals surface area (Å²) in [6.07, 6.45) is -3.78. The second kappa shape index (κ2) is 3.32. The van der Waals surface area contributed by atoms with E-state index in [1.54, 1.807) is 0 Å². The lowest BCUT2D eigenvalue weighted by Gasteiger charge is -2.14. The molecule has 1 aromatic carbocycles. The Morgan fingerprint density at radius 3 is 1.85 bits per heavy atom. The van der Waals surface area contributed by atoms with Crippen LogP contribution in [0.2, 0.25) is 0 Å². The van der Waals surface area contributed by atoms with Gasteiger partial charge in [0.15, 0.2) is 0 Å². The normalized spacial score (nSPS) is 12.2. The zero-order valence-electron chi connectivity index (χ0n) is 6.28. The van der Waals surface area contributed by atoms with E-state index in [9.17, 15) is 22.0 Å². The molecular weight excluding hydrogens is 191 g/mol. The van der Waals surface area contributed by atoms with E-state index < -0.39 is 23.7 Å². The zero-order valence-corrected chi connectivity index (χ0v) is 6.28. The van der Waals surface area contributed by atoms with Gasteiger partial charge in [0.25, 0.3) is 0 Å². The molecule has 0 unspecified atom stereocenters. The van der Waals surface area contributed by atoms with Crippen molar-refractivity contribution in [2.45, 2.75) is 12.3 Å². The molecule has 1 aromatic rings. The van der Waals surface area contributed by atoms with Gasteiger partial charge < -0.3 is 0 Å². The molecule has 0 bridgehead atoms. The van der Waals surface area contributed by atoms with Crippen LogP contribution in [0.3, 0.4) is 0 Å². The maximum absolute atomic E-state index is 12.5. The molecule has 0 saturated carbocycles. The topological polar surface area (TPSA) is 0 Å². The molecule has 0 nitrogen and oxygen atoms in total. The van der Waals surface area contributed by atoms with Gasteiger partial charge in [-0.25, -0.2) is 13.2 Å². The highest BCUT2D eigenvalue weighted by Crippen LogP contribution is 2.34. The first-order valence-corrected chi connectivity index (χ1v) is 3.36. The minimum Gasteiger partial charge on any atom is -0.207 e. The fourth-order valence-electron chi connectivity index (χ4n) is 0.798. The monoisotopic (exact) mass is 196 g/mol. The molecule has 1 rings (SSSR count). The number of rotatable bonds is 2. The van der Waals surface area contributed by atoms with Crippen LogP contribution in [0.25, 0.3) is 0 Å². The SMILES string of the molecule is Fc1ccc(C(F)(F)C(F)F)cc1. The molecule has 0 amide bonds. The molecule has 0 spiro atoms. The maximum atomic E-state index is 12.5. The summed E-state index contributed by atoms with van der Waals surface area (Å²) in [6, 6.07) is 2.71. The Labute approximate surface area is 71.0 Å². The molecule has 0 radical (unpaired) electrons. The van der Waals surface area contributed by atoms with Gasteiger partial charge in [-0.15, -0.1) is 0 Å². The van der Waals surface area contributed by atoms with Crippen molar-refractivity contribution in [1.82, 2.24) is 0 Å². The quantitative estimate of drug-likeness (QED) is 0.637. The summed E-state index contributed by atoms with van der Waals surface area (Å²) < 4.78 is 60.8. The van der Waals surface area contributed by atoms with Crippen LogP contribution in [-0.4, -0.2) is 6.43 Å². The number of hydrogen-bond donors (Lipinski definition) is 0. The van der Waals surface area contributed by atoms with Crippen molar-refractivity contribution in [2.24, 2.45) is 0 Å². The Kier molecular flexibility index (Phi) is 2.54. The summed E-state index contributed by atoms with van der Waals surface area (Å²) in [6.45, 7) is 0. The van der Waals surface area contributed by atoms with Crippen molar-refractivity contribution >= 4 is 0 Å². The van der Waals surface area contributed by atoms with Crippen LogP contribution >= 0.6 is 0 Å². The predicted octanol–water partition coefficient (Wildman–Crippen LogP) is 3.18. The lowest BCUT2D eigenvalue weighted by Crippen LogP contribution is -2.23. The van der Waals surface area contributed by atoms with E-state index in [0.29, 0.717) is 24.3 Å². The summed E-state index contributed by atoms with van der Waals surface area (Å²) in [5.74, 6) is -4.96. The Morgan fingerprint density at radius 2 is 1.46 bits per heavy atom. The minimum absolute atomic E-state index is 0.640. The Bertz CT molecular complexity index is 277. The second-order valence-electron chi connectivity index (χ2n) is 2.43. The van der Waals surface area contributed by atoms with Crippen molar-refractivity contribution in [2.75, 3.05) is 0 Å². The van der Waals surface area contributed by atoms with Crippen LogP contribution in [0.1, 0.15) is 5.56 Å². The molecule has 0 aliphatic heterocycles. The molecule has 0 aromatic heterocycles. The van der Waals surface area contributed by atoms with Crippen LogP contribution in [-0.2, 0) is 5.92 Å². The highest BCUT2D eigenvalue weighted by Gasteiger charge is 2.42. The van der Waals surface area contributed by atoms with Gasteiger partial charge in [0, 0.05) is 5.56 Å². The van der Waals surface area contributed by atoms with E-state index in [1.165, 1.54) is 0 Å². The second-order valence-corrected chi connectivity index (χ2v) is 2.43. The van der Waals surface area contributed by atoms with Gasteiger partial charge >= 0.3 is 12.3 Å². The number of halogens is 5. The van der Waals surface area contributed by atoms with Crippen molar-refractivity contribution in [3.05, 3.63) is 35.6 Å². The van der Waals surface area contributed by atoms with Crippen LogP contribution in [0.5, 0.6) is 0 Å². The Morgan fingerprint density at radius 1 is 1.00 bits per heavy atom. The van der Waals surface area contributed by atoms with E-state index in [0.717, 1.165) is 0 Å². The van der Waals surface area contributed by atoms with Gasteiger partial charge in [-0.1, -0.05) is 0 Å². The van der Waals surface area contributed by atoms with Crippen molar-refractivity contribution < 1.29 is 22.0 Å². The maximum Gasteiger partial charge on any atom is 0.332 e. The first-order valence-electron chi connectivity index (χ1n) is 3.36. The van der Waals surface area contributed by atoms with Gasteiger partial charge in [-0.2, -0.15) is 8.78 Å². The van der Waals surface area contributed by atoms with Gasteiger partial charge in [0.1, 0.15) is 5.82 Å². The van der Waals surface area contributed by atoms with Crippen LogP contribution in [0.15, 0.2) is 24.3 Å². The smallest absolute Gasteiger partial charge is 0.207 e. The summed E-state index contributed by atoms with van der Waals surface area (Å²) >= 11 is 0. The van der Waals surface area contributed by atoms with Crippen molar-refractivity contribution in [3.8, 4) is 0 Å². The molecule has 0 N–H and O–H groups in total. The van der Waals surface area contributed by atoms with Crippen molar-refractivity contribution in [3.63, 3.8) is 0 Å². The van der Waals surface area contributed by atoms with Gasteiger partial charge in [-0.05, 0) is 24.3 Å². The molecule has 0 aliphatic carbocycles. The predicted molar refractivity (Wildman–Crippen MR) is 36.3 cm³/mol. The summed E-state index contributed by atoms with van der Waals surface area (Å²) in [5, 5.41) is 0. The van der Waals surface area contributed by atoms with E-state index in [-0.39, 0.29) is 0 Å². The average molecular weight is 196 g/mol. The third-order valence-corrected chi connectivity index (χ3v) is 1.50. The molecule has 13 heavy (non-hydrogen) atoms. The lowest BCUT2D eigenvalue weighted by molar-refractivity contribution is -0.135. The third-order valence-electron chi connectivity index (χ3n) is 1.50. The molecule has 0 saturated heterocycles. The summed E-state index contributed by atoms with van der Waals surface area (Å²) in [5.41, 5.74) is -0.885. The van der Waals surface area contributed by atoms with E-state index >= 15 is 0 Å². The van der Waals surface area contributed by atoms with Gasteiger partial charge in [0.2, 0.25) is 0 Å². The highest BCUT2D eigenvalue weighted by atomic mass is 19.3. The average Bonchev–Trinajstić information content (AvgIpc) is 2.04. The summed E-state index contributed by atoms with van der Waals surface area (Å²) in [4.78, 5) is 0. The molecule has 0 fully saturated rings. The van der Waals surface area contributed by atoms with Crippen LogP contribution in [0, 0.1) is 5.82 Å². The minimum atomic E-state index is -4.21. The van der Waals surface area contributed by atoms with E-state index in [2.05, 4.69) is 0 Å². The van der Waals surface area contributed by atoms with Gasteiger partial charge in [-0.3, -0.25) is 0 Å². The first kappa shape index (κ1) is 9.95. The number of alkyl halides is 4.